The Bertz CT molecular complexity index is 318. The van der Waals surface area contributed by atoms with Crippen LogP contribution in [-0.2, 0) is 11.3 Å². The van der Waals surface area contributed by atoms with Crippen LogP contribution in [0, 0.1) is 0 Å². The largest absolute Gasteiger partial charge is 0.374 e. The van der Waals surface area contributed by atoms with Gasteiger partial charge in [-0.1, -0.05) is 0 Å². The van der Waals surface area contributed by atoms with Crippen LogP contribution >= 0.6 is 27.3 Å². The minimum atomic E-state index is 0.210. The summed E-state index contributed by atoms with van der Waals surface area (Å²) in [6.45, 7) is 4.38. The van der Waals surface area contributed by atoms with E-state index in [4.69, 9.17) is 10.5 Å². The molecule has 1 aromatic rings. The zero-order valence-electron chi connectivity index (χ0n) is 8.49. The van der Waals surface area contributed by atoms with Crippen LogP contribution in [0.1, 0.15) is 4.88 Å². The van der Waals surface area contributed by atoms with Gasteiger partial charge in [-0.25, -0.2) is 0 Å². The molecule has 0 amide bonds. The van der Waals surface area contributed by atoms with Gasteiger partial charge in [0, 0.05) is 40.9 Å². The second-order valence-electron chi connectivity index (χ2n) is 3.69. The molecule has 0 radical (unpaired) electrons. The van der Waals surface area contributed by atoms with E-state index in [1.165, 1.54) is 9.35 Å². The molecule has 1 fully saturated rings. The van der Waals surface area contributed by atoms with E-state index in [-0.39, 0.29) is 6.10 Å². The fourth-order valence-corrected chi connectivity index (χ4v) is 3.22. The highest BCUT2D eigenvalue weighted by atomic mass is 79.9. The molecular weight excluding hydrogens is 276 g/mol. The fraction of sp³-hybridized carbons (Fsp3) is 0.600. The number of ether oxygens (including phenoxy) is 1. The lowest BCUT2D eigenvalue weighted by Gasteiger charge is -2.31. The van der Waals surface area contributed by atoms with E-state index in [1.807, 2.05) is 0 Å². The first kappa shape index (κ1) is 11.5. The van der Waals surface area contributed by atoms with Crippen molar-refractivity contribution in [3.05, 3.63) is 20.8 Å². The number of hydrogen-bond acceptors (Lipinski definition) is 4. The Kier molecular flexibility index (Phi) is 4.16. The maximum absolute atomic E-state index is 5.61. The molecular formula is C10H15BrN2OS. The van der Waals surface area contributed by atoms with Crippen molar-refractivity contribution >= 4 is 27.3 Å². The summed E-state index contributed by atoms with van der Waals surface area (Å²) in [6, 6.07) is 2.18. The summed E-state index contributed by atoms with van der Waals surface area (Å²) >= 11 is 5.26. The normalized spacial score (nSPS) is 23.2. The molecule has 0 bridgehead atoms. The minimum absolute atomic E-state index is 0.210. The number of thiophene rings is 1. The molecule has 1 atom stereocenters. The van der Waals surface area contributed by atoms with Gasteiger partial charge in [-0.05, 0) is 22.0 Å². The average molecular weight is 291 g/mol. The summed E-state index contributed by atoms with van der Waals surface area (Å²) in [5.41, 5.74) is 5.61. The maximum Gasteiger partial charge on any atom is 0.0824 e. The third-order valence-corrected chi connectivity index (χ3v) is 4.17. The van der Waals surface area contributed by atoms with Gasteiger partial charge in [0.2, 0.25) is 0 Å². The summed E-state index contributed by atoms with van der Waals surface area (Å²) in [4.78, 5) is 3.79. The lowest BCUT2D eigenvalue weighted by atomic mass is 10.2. The summed E-state index contributed by atoms with van der Waals surface area (Å²) in [7, 11) is 0. The Balaban J connectivity index is 1.88. The highest BCUT2D eigenvalue weighted by Gasteiger charge is 2.19. The van der Waals surface area contributed by atoms with Crippen LogP contribution in [0.2, 0.25) is 0 Å². The van der Waals surface area contributed by atoms with E-state index in [0.717, 1.165) is 26.2 Å². The second kappa shape index (κ2) is 5.41. The van der Waals surface area contributed by atoms with Crippen molar-refractivity contribution in [2.75, 3.05) is 26.2 Å². The van der Waals surface area contributed by atoms with Crippen molar-refractivity contribution in [1.29, 1.82) is 0 Å². The summed E-state index contributed by atoms with van der Waals surface area (Å²) in [5.74, 6) is 0. The first-order valence-electron chi connectivity index (χ1n) is 5.05. The number of rotatable bonds is 3. The number of nitrogens with two attached hydrogens (primary N) is 1. The van der Waals surface area contributed by atoms with Gasteiger partial charge in [-0.15, -0.1) is 11.3 Å². The van der Waals surface area contributed by atoms with E-state index in [9.17, 15) is 0 Å². The van der Waals surface area contributed by atoms with Crippen molar-refractivity contribution in [3.63, 3.8) is 0 Å². The fourth-order valence-electron chi connectivity index (χ4n) is 1.72. The number of nitrogens with zero attached hydrogens (tertiary/aromatic N) is 1. The monoisotopic (exact) mass is 290 g/mol. The maximum atomic E-state index is 5.61. The summed E-state index contributed by atoms with van der Waals surface area (Å²) in [6.07, 6.45) is 0.210. The van der Waals surface area contributed by atoms with E-state index < -0.39 is 0 Å². The highest BCUT2D eigenvalue weighted by Crippen LogP contribution is 2.21. The standard InChI is InChI=1S/C10H15BrN2OS/c11-8-3-10(15-7-8)6-13-1-2-14-9(4-12)5-13/h3,7,9H,1-2,4-6,12H2. The topological polar surface area (TPSA) is 38.5 Å². The molecule has 3 nitrogen and oxygen atoms in total. The van der Waals surface area contributed by atoms with Gasteiger partial charge in [0.15, 0.2) is 0 Å². The summed E-state index contributed by atoms with van der Waals surface area (Å²) < 4.78 is 6.70. The van der Waals surface area contributed by atoms with Gasteiger partial charge in [0.1, 0.15) is 0 Å². The zero-order valence-corrected chi connectivity index (χ0v) is 10.9. The first-order chi connectivity index (χ1) is 7.28. The van der Waals surface area contributed by atoms with Gasteiger partial charge in [0.05, 0.1) is 12.7 Å². The van der Waals surface area contributed by atoms with Crippen molar-refractivity contribution in [2.45, 2.75) is 12.6 Å². The molecule has 15 heavy (non-hydrogen) atoms. The number of hydrogen-bond donors (Lipinski definition) is 1. The van der Waals surface area contributed by atoms with Crippen molar-refractivity contribution < 1.29 is 4.74 Å². The lowest BCUT2D eigenvalue weighted by Crippen LogP contribution is -2.44. The van der Waals surface area contributed by atoms with Crippen molar-refractivity contribution in [2.24, 2.45) is 5.73 Å². The van der Waals surface area contributed by atoms with Gasteiger partial charge in [-0.3, -0.25) is 4.90 Å². The molecule has 2 N–H and O–H groups in total. The molecule has 0 aromatic carbocycles. The van der Waals surface area contributed by atoms with E-state index in [2.05, 4.69) is 32.3 Å². The average Bonchev–Trinajstić information content (AvgIpc) is 2.64. The zero-order chi connectivity index (χ0) is 10.7. The van der Waals surface area contributed by atoms with Gasteiger partial charge in [0.25, 0.3) is 0 Å². The van der Waals surface area contributed by atoms with Crippen LogP contribution in [0.4, 0.5) is 0 Å². The molecule has 1 aliphatic rings. The van der Waals surface area contributed by atoms with Crippen molar-refractivity contribution in [1.82, 2.24) is 4.90 Å². The predicted octanol–water partition coefficient (Wildman–Crippen LogP) is 1.67. The van der Waals surface area contributed by atoms with Crippen LogP contribution in [-0.4, -0.2) is 37.2 Å². The van der Waals surface area contributed by atoms with Crippen LogP contribution < -0.4 is 5.73 Å². The molecule has 2 rings (SSSR count). The molecule has 0 spiro atoms. The smallest absolute Gasteiger partial charge is 0.0824 e. The SMILES string of the molecule is NCC1CN(Cc2cc(Br)cs2)CCO1. The third-order valence-electron chi connectivity index (χ3n) is 2.49. The van der Waals surface area contributed by atoms with Crippen LogP contribution in [0.5, 0.6) is 0 Å². The summed E-state index contributed by atoms with van der Waals surface area (Å²) in [5, 5.41) is 2.12. The van der Waals surface area contributed by atoms with E-state index in [1.54, 1.807) is 11.3 Å². The molecule has 1 aliphatic heterocycles. The van der Waals surface area contributed by atoms with Crippen molar-refractivity contribution in [3.8, 4) is 0 Å². The molecule has 0 aliphatic carbocycles. The van der Waals surface area contributed by atoms with Crippen LogP contribution in [0.15, 0.2) is 15.9 Å². The molecule has 2 heterocycles. The third kappa shape index (κ3) is 3.26. The Morgan fingerprint density at radius 1 is 1.67 bits per heavy atom. The van der Waals surface area contributed by atoms with E-state index in [0.29, 0.717) is 6.54 Å². The Morgan fingerprint density at radius 3 is 3.20 bits per heavy atom. The molecule has 5 heteroatoms. The molecule has 0 saturated carbocycles. The van der Waals surface area contributed by atoms with E-state index >= 15 is 0 Å². The molecule has 84 valence electrons. The Hall–Kier alpha value is 0.0600. The minimum Gasteiger partial charge on any atom is -0.374 e. The second-order valence-corrected chi connectivity index (χ2v) is 5.61. The Labute approximate surface area is 102 Å². The van der Waals surface area contributed by atoms with Gasteiger partial charge < -0.3 is 10.5 Å². The number of morpholine rings is 1. The first-order valence-corrected chi connectivity index (χ1v) is 6.72. The predicted molar refractivity (Wildman–Crippen MR) is 66.1 cm³/mol. The quantitative estimate of drug-likeness (QED) is 0.920. The van der Waals surface area contributed by atoms with Gasteiger partial charge in [-0.2, -0.15) is 0 Å². The Morgan fingerprint density at radius 2 is 2.53 bits per heavy atom. The number of halogens is 1. The lowest BCUT2D eigenvalue weighted by molar-refractivity contribution is -0.0257. The van der Waals surface area contributed by atoms with Crippen LogP contribution in [0.3, 0.4) is 0 Å². The molecule has 1 saturated heterocycles. The molecule has 1 aromatic heterocycles. The highest BCUT2D eigenvalue weighted by molar-refractivity contribution is 9.10. The van der Waals surface area contributed by atoms with Crippen LogP contribution in [0.25, 0.3) is 0 Å². The molecule has 1 unspecified atom stereocenters. The van der Waals surface area contributed by atoms with Gasteiger partial charge >= 0.3 is 0 Å².